The van der Waals surface area contributed by atoms with Gasteiger partial charge in [-0.05, 0) is 36.2 Å². The number of rotatable bonds is 3. The van der Waals surface area contributed by atoms with Crippen LogP contribution < -0.4 is 11.0 Å². The summed E-state index contributed by atoms with van der Waals surface area (Å²) in [6, 6.07) is 13.1. The van der Waals surface area contributed by atoms with Crippen molar-refractivity contribution in [1.82, 2.24) is 14.9 Å². The van der Waals surface area contributed by atoms with Gasteiger partial charge in [-0.3, -0.25) is 9.36 Å². The molecule has 0 spiro atoms. The average Bonchev–Trinajstić information content (AvgIpc) is 2.80. The molecule has 3 rings (SSSR count). The number of amides is 1. The molecule has 0 aliphatic rings. The number of hydrogen-bond donors (Lipinski definition) is 2. The van der Waals surface area contributed by atoms with Crippen molar-refractivity contribution in [3.05, 3.63) is 69.6 Å². The molecular formula is C17H17N3O2. The SMILES string of the molecule is Cc1ccccc1CNC(=O)c1ccc2c(c1)[nH]c(=O)n2C. The zero-order chi connectivity index (χ0) is 15.7. The van der Waals surface area contributed by atoms with Crippen molar-refractivity contribution >= 4 is 16.9 Å². The van der Waals surface area contributed by atoms with Crippen molar-refractivity contribution < 1.29 is 4.79 Å². The van der Waals surface area contributed by atoms with E-state index in [4.69, 9.17) is 0 Å². The maximum atomic E-state index is 12.3. The Morgan fingerprint density at radius 3 is 2.77 bits per heavy atom. The van der Waals surface area contributed by atoms with Crippen LogP contribution in [-0.2, 0) is 13.6 Å². The van der Waals surface area contributed by atoms with E-state index in [0.29, 0.717) is 17.6 Å². The van der Waals surface area contributed by atoms with Crippen molar-refractivity contribution in [2.75, 3.05) is 0 Å². The van der Waals surface area contributed by atoms with E-state index in [0.717, 1.165) is 16.6 Å². The maximum Gasteiger partial charge on any atom is 0.326 e. The number of aromatic nitrogens is 2. The van der Waals surface area contributed by atoms with Gasteiger partial charge < -0.3 is 10.3 Å². The zero-order valence-electron chi connectivity index (χ0n) is 12.5. The van der Waals surface area contributed by atoms with Crippen LogP contribution in [0.4, 0.5) is 0 Å². The molecule has 1 aromatic heterocycles. The predicted octanol–water partition coefficient (Wildman–Crippen LogP) is 2.11. The summed E-state index contributed by atoms with van der Waals surface area (Å²) in [5, 5.41) is 2.90. The number of benzene rings is 2. The summed E-state index contributed by atoms with van der Waals surface area (Å²) in [4.78, 5) is 26.6. The average molecular weight is 295 g/mol. The molecule has 1 amide bonds. The van der Waals surface area contributed by atoms with Crippen LogP contribution in [0.15, 0.2) is 47.3 Å². The molecule has 2 N–H and O–H groups in total. The Labute approximate surface area is 127 Å². The van der Waals surface area contributed by atoms with Gasteiger partial charge in [0, 0.05) is 19.2 Å². The Hall–Kier alpha value is -2.82. The number of aryl methyl sites for hydroxylation is 2. The lowest BCUT2D eigenvalue weighted by molar-refractivity contribution is 0.0951. The van der Waals surface area contributed by atoms with Crippen LogP contribution in [-0.4, -0.2) is 15.5 Å². The van der Waals surface area contributed by atoms with Crippen molar-refractivity contribution in [3.63, 3.8) is 0 Å². The molecule has 5 nitrogen and oxygen atoms in total. The Kier molecular flexibility index (Phi) is 3.55. The quantitative estimate of drug-likeness (QED) is 0.777. The van der Waals surface area contributed by atoms with Gasteiger partial charge in [-0.2, -0.15) is 0 Å². The first-order valence-corrected chi connectivity index (χ1v) is 7.08. The third-order valence-electron chi connectivity index (χ3n) is 3.87. The Balaban J connectivity index is 1.80. The smallest absolute Gasteiger partial charge is 0.326 e. The molecule has 0 aliphatic heterocycles. The van der Waals surface area contributed by atoms with Crippen LogP contribution in [0.3, 0.4) is 0 Å². The highest BCUT2D eigenvalue weighted by molar-refractivity contribution is 5.97. The summed E-state index contributed by atoms with van der Waals surface area (Å²) < 4.78 is 1.52. The third kappa shape index (κ3) is 2.53. The van der Waals surface area contributed by atoms with Gasteiger partial charge in [0.05, 0.1) is 11.0 Å². The molecule has 0 aliphatic carbocycles. The highest BCUT2D eigenvalue weighted by Gasteiger charge is 2.09. The number of H-pyrrole nitrogens is 1. The van der Waals surface area contributed by atoms with Crippen molar-refractivity contribution in [2.45, 2.75) is 13.5 Å². The minimum absolute atomic E-state index is 0.158. The van der Waals surface area contributed by atoms with Crippen molar-refractivity contribution in [1.29, 1.82) is 0 Å². The van der Waals surface area contributed by atoms with E-state index >= 15 is 0 Å². The summed E-state index contributed by atoms with van der Waals surface area (Å²) in [6.07, 6.45) is 0. The molecule has 2 aromatic carbocycles. The van der Waals surface area contributed by atoms with Gasteiger partial charge in [-0.15, -0.1) is 0 Å². The molecule has 112 valence electrons. The summed E-state index contributed by atoms with van der Waals surface area (Å²) in [6.45, 7) is 2.50. The molecule has 1 heterocycles. The van der Waals surface area contributed by atoms with Crippen LogP contribution >= 0.6 is 0 Å². The van der Waals surface area contributed by atoms with Gasteiger partial charge in [0.15, 0.2) is 0 Å². The summed E-state index contributed by atoms with van der Waals surface area (Å²) in [5.74, 6) is -0.158. The van der Waals surface area contributed by atoms with Crippen LogP contribution in [0.25, 0.3) is 11.0 Å². The number of aromatic amines is 1. The van der Waals surface area contributed by atoms with Crippen molar-refractivity contribution in [2.24, 2.45) is 7.05 Å². The molecule has 5 heteroatoms. The second kappa shape index (κ2) is 5.52. The van der Waals surface area contributed by atoms with Crippen LogP contribution in [0.5, 0.6) is 0 Å². The van der Waals surface area contributed by atoms with E-state index in [1.807, 2.05) is 31.2 Å². The second-order valence-corrected chi connectivity index (χ2v) is 5.33. The van der Waals surface area contributed by atoms with Gasteiger partial charge in [-0.1, -0.05) is 24.3 Å². The molecule has 3 aromatic rings. The first kappa shape index (κ1) is 14.1. The number of nitrogens with one attached hydrogen (secondary N) is 2. The fourth-order valence-electron chi connectivity index (χ4n) is 2.46. The van der Waals surface area contributed by atoms with E-state index in [2.05, 4.69) is 10.3 Å². The molecule has 0 bridgehead atoms. The summed E-state index contributed by atoms with van der Waals surface area (Å²) in [5.41, 5.74) is 4.02. The highest BCUT2D eigenvalue weighted by atomic mass is 16.2. The lowest BCUT2D eigenvalue weighted by atomic mass is 10.1. The Morgan fingerprint density at radius 2 is 2.00 bits per heavy atom. The monoisotopic (exact) mass is 295 g/mol. The molecule has 0 fully saturated rings. The number of hydrogen-bond acceptors (Lipinski definition) is 2. The molecule has 0 saturated carbocycles. The van der Waals surface area contributed by atoms with Gasteiger partial charge in [-0.25, -0.2) is 4.79 Å². The van der Waals surface area contributed by atoms with E-state index in [1.165, 1.54) is 4.57 Å². The Morgan fingerprint density at radius 1 is 1.23 bits per heavy atom. The van der Waals surface area contributed by atoms with Crippen LogP contribution in [0.1, 0.15) is 21.5 Å². The minimum atomic E-state index is -0.188. The number of carbonyl (C=O) groups is 1. The first-order valence-electron chi connectivity index (χ1n) is 7.08. The van der Waals surface area contributed by atoms with Crippen LogP contribution in [0.2, 0.25) is 0 Å². The zero-order valence-corrected chi connectivity index (χ0v) is 12.5. The number of imidazole rings is 1. The minimum Gasteiger partial charge on any atom is -0.348 e. The fraction of sp³-hybridized carbons (Fsp3) is 0.176. The Bertz CT molecular complexity index is 906. The van der Waals surface area contributed by atoms with Gasteiger partial charge in [0.2, 0.25) is 0 Å². The fourth-order valence-corrected chi connectivity index (χ4v) is 2.46. The van der Waals surface area contributed by atoms with Gasteiger partial charge in [0.1, 0.15) is 0 Å². The molecule has 22 heavy (non-hydrogen) atoms. The molecule has 0 atom stereocenters. The van der Waals surface area contributed by atoms with Gasteiger partial charge >= 0.3 is 5.69 Å². The number of fused-ring (bicyclic) bond motifs is 1. The highest BCUT2D eigenvalue weighted by Crippen LogP contribution is 2.12. The third-order valence-corrected chi connectivity index (χ3v) is 3.87. The van der Waals surface area contributed by atoms with E-state index < -0.39 is 0 Å². The first-order chi connectivity index (χ1) is 10.6. The van der Waals surface area contributed by atoms with E-state index in [1.54, 1.807) is 25.2 Å². The van der Waals surface area contributed by atoms with Crippen molar-refractivity contribution in [3.8, 4) is 0 Å². The lowest BCUT2D eigenvalue weighted by Crippen LogP contribution is -2.23. The largest absolute Gasteiger partial charge is 0.348 e. The summed E-state index contributed by atoms with van der Waals surface area (Å²) in [7, 11) is 1.69. The standard InChI is InChI=1S/C17H17N3O2/c1-11-5-3-4-6-13(11)10-18-16(21)12-7-8-15-14(9-12)19-17(22)20(15)2/h3-9H,10H2,1-2H3,(H,18,21)(H,19,22). The molecule has 0 radical (unpaired) electrons. The summed E-state index contributed by atoms with van der Waals surface area (Å²) >= 11 is 0. The topological polar surface area (TPSA) is 66.9 Å². The van der Waals surface area contributed by atoms with E-state index in [9.17, 15) is 9.59 Å². The molecule has 0 saturated heterocycles. The lowest BCUT2D eigenvalue weighted by Gasteiger charge is -2.08. The predicted molar refractivity (Wildman–Crippen MR) is 85.9 cm³/mol. The number of nitrogens with zero attached hydrogens (tertiary/aromatic N) is 1. The second-order valence-electron chi connectivity index (χ2n) is 5.33. The van der Waals surface area contributed by atoms with Gasteiger partial charge in [0.25, 0.3) is 5.91 Å². The maximum absolute atomic E-state index is 12.3. The van der Waals surface area contributed by atoms with E-state index in [-0.39, 0.29) is 11.6 Å². The number of carbonyl (C=O) groups excluding carboxylic acids is 1. The molecule has 0 unspecified atom stereocenters. The van der Waals surface area contributed by atoms with Crippen LogP contribution in [0, 0.1) is 6.92 Å². The normalized spacial score (nSPS) is 10.8. The molecular weight excluding hydrogens is 278 g/mol.